The zero-order chi connectivity index (χ0) is 16.7. The number of hydrogen-bond donors (Lipinski definition) is 1. The van der Waals surface area contributed by atoms with Crippen molar-refractivity contribution < 1.29 is 4.79 Å². The second-order valence-electron chi connectivity index (χ2n) is 5.18. The zero-order valence-electron chi connectivity index (χ0n) is 13.4. The van der Waals surface area contributed by atoms with Gasteiger partial charge in [-0.2, -0.15) is 0 Å². The fourth-order valence-electron chi connectivity index (χ4n) is 2.31. The van der Waals surface area contributed by atoms with Crippen LogP contribution < -0.4 is 5.32 Å². The van der Waals surface area contributed by atoms with Crippen molar-refractivity contribution in [3.63, 3.8) is 0 Å². The molecule has 0 saturated carbocycles. The lowest BCUT2D eigenvalue weighted by atomic mass is 10.2. The molecule has 2 heterocycles. The van der Waals surface area contributed by atoms with Gasteiger partial charge < -0.3 is 10.2 Å². The molecule has 122 valence electrons. The first-order valence-corrected chi connectivity index (χ1v) is 8.06. The van der Waals surface area contributed by atoms with E-state index in [1.54, 1.807) is 25.4 Å². The van der Waals surface area contributed by atoms with Gasteiger partial charge >= 0.3 is 0 Å². The van der Waals surface area contributed by atoms with Crippen LogP contribution in [0, 0.1) is 0 Å². The average molecular weight is 333 g/mol. The van der Waals surface area contributed by atoms with Gasteiger partial charge in [-0.15, -0.1) is 0 Å². The van der Waals surface area contributed by atoms with Crippen LogP contribution in [0.25, 0.3) is 0 Å². The van der Waals surface area contributed by atoms with E-state index in [0.717, 1.165) is 18.5 Å². The van der Waals surface area contributed by atoms with E-state index in [-0.39, 0.29) is 5.91 Å². The second kappa shape index (κ2) is 8.48. The number of hydrogen-bond acceptors (Lipinski definition) is 4. The molecule has 0 fully saturated rings. The molecule has 0 saturated heterocycles. The summed E-state index contributed by atoms with van der Waals surface area (Å²) in [6.45, 7) is 3.37. The van der Waals surface area contributed by atoms with Crippen molar-refractivity contribution in [2.24, 2.45) is 0 Å². The Morgan fingerprint density at radius 3 is 2.78 bits per heavy atom. The predicted molar refractivity (Wildman–Crippen MR) is 92.9 cm³/mol. The number of halogens is 1. The molecular weight excluding hydrogens is 312 g/mol. The van der Waals surface area contributed by atoms with Crippen molar-refractivity contribution in [1.82, 2.24) is 14.9 Å². The Labute approximate surface area is 141 Å². The molecule has 0 atom stereocenters. The maximum absolute atomic E-state index is 12.8. The minimum atomic E-state index is -0.0384. The first-order valence-electron chi connectivity index (χ1n) is 7.68. The van der Waals surface area contributed by atoms with Gasteiger partial charge in [0.05, 0.1) is 0 Å². The molecule has 1 amide bonds. The van der Waals surface area contributed by atoms with E-state index in [1.165, 1.54) is 0 Å². The fraction of sp³-hybridized carbons (Fsp3) is 0.353. The molecular formula is C17H21ClN4O. The van der Waals surface area contributed by atoms with Gasteiger partial charge in [0.2, 0.25) is 0 Å². The maximum Gasteiger partial charge on any atom is 0.254 e. The van der Waals surface area contributed by atoms with Crippen LogP contribution >= 0.6 is 11.6 Å². The molecule has 0 radical (unpaired) electrons. The Balaban J connectivity index is 2.13. The lowest BCUT2D eigenvalue weighted by molar-refractivity contribution is 0.0757. The summed E-state index contributed by atoms with van der Waals surface area (Å²) in [6, 6.07) is 9.13. The van der Waals surface area contributed by atoms with Crippen LogP contribution in [0.15, 0.2) is 36.5 Å². The summed E-state index contributed by atoms with van der Waals surface area (Å²) in [5.41, 5.74) is 1.52. The summed E-state index contributed by atoms with van der Waals surface area (Å²) < 4.78 is 0. The molecule has 2 aromatic heterocycles. The Bertz CT molecular complexity index is 648. The lowest BCUT2D eigenvalue weighted by Crippen LogP contribution is -2.33. The molecule has 0 bridgehead atoms. The highest BCUT2D eigenvalue weighted by Crippen LogP contribution is 2.16. The third-order valence-corrected chi connectivity index (χ3v) is 3.64. The van der Waals surface area contributed by atoms with Crippen LogP contribution in [-0.4, -0.2) is 40.9 Å². The number of rotatable bonds is 7. The highest BCUT2D eigenvalue weighted by atomic mass is 35.5. The van der Waals surface area contributed by atoms with Crippen LogP contribution in [0.3, 0.4) is 0 Å². The number of nitrogens with zero attached hydrogens (tertiary/aromatic N) is 3. The van der Waals surface area contributed by atoms with Gasteiger partial charge in [0, 0.05) is 44.0 Å². The minimum Gasteiger partial charge on any atom is -0.373 e. The normalized spacial score (nSPS) is 10.4. The van der Waals surface area contributed by atoms with E-state index in [4.69, 9.17) is 11.6 Å². The molecule has 23 heavy (non-hydrogen) atoms. The summed E-state index contributed by atoms with van der Waals surface area (Å²) >= 11 is 6.00. The van der Waals surface area contributed by atoms with Gasteiger partial charge in [-0.3, -0.25) is 9.78 Å². The number of carbonyl (C=O) groups is 1. The molecule has 0 aliphatic carbocycles. The van der Waals surface area contributed by atoms with Crippen LogP contribution in [0.1, 0.15) is 29.4 Å². The van der Waals surface area contributed by atoms with Gasteiger partial charge in [-0.05, 0) is 30.7 Å². The zero-order valence-corrected chi connectivity index (χ0v) is 14.2. The van der Waals surface area contributed by atoms with Crippen molar-refractivity contribution in [3.05, 3.63) is 52.9 Å². The van der Waals surface area contributed by atoms with E-state index in [9.17, 15) is 4.79 Å². The molecule has 5 nitrogen and oxygen atoms in total. The van der Waals surface area contributed by atoms with Gasteiger partial charge in [-0.1, -0.05) is 24.6 Å². The van der Waals surface area contributed by atoms with E-state index >= 15 is 0 Å². The maximum atomic E-state index is 12.8. The summed E-state index contributed by atoms with van der Waals surface area (Å²) in [6.07, 6.45) is 3.39. The third kappa shape index (κ3) is 4.93. The smallest absolute Gasteiger partial charge is 0.254 e. The summed E-state index contributed by atoms with van der Waals surface area (Å²) in [5.74, 6) is 0.547. The number of pyridine rings is 2. The number of carbonyl (C=O) groups excluding carboxylic acids is 1. The SMILES string of the molecule is CCCN(CCc1ccccn1)C(=O)c1cc(Cl)nc(NC)c1. The summed E-state index contributed by atoms with van der Waals surface area (Å²) in [7, 11) is 1.75. The Morgan fingerprint density at radius 2 is 2.13 bits per heavy atom. The molecule has 2 aromatic rings. The van der Waals surface area contributed by atoms with E-state index in [0.29, 0.717) is 29.6 Å². The van der Waals surface area contributed by atoms with E-state index in [1.807, 2.05) is 23.1 Å². The Kier molecular flexibility index (Phi) is 6.35. The average Bonchev–Trinajstić information content (AvgIpc) is 2.58. The number of nitrogens with one attached hydrogen (secondary N) is 1. The fourth-order valence-corrected chi connectivity index (χ4v) is 2.52. The number of amides is 1. The predicted octanol–water partition coefficient (Wildman–Crippen LogP) is 3.27. The number of aromatic nitrogens is 2. The van der Waals surface area contributed by atoms with Crippen molar-refractivity contribution in [1.29, 1.82) is 0 Å². The highest BCUT2D eigenvalue weighted by Gasteiger charge is 2.17. The van der Waals surface area contributed by atoms with Crippen LogP contribution in [-0.2, 0) is 6.42 Å². The van der Waals surface area contributed by atoms with Crippen molar-refractivity contribution in [2.75, 3.05) is 25.5 Å². The van der Waals surface area contributed by atoms with Crippen LogP contribution in [0.2, 0.25) is 5.15 Å². The van der Waals surface area contributed by atoms with Crippen LogP contribution in [0.5, 0.6) is 0 Å². The topological polar surface area (TPSA) is 58.1 Å². The largest absolute Gasteiger partial charge is 0.373 e. The standard InChI is InChI=1S/C17H21ClN4O/c1-3-9-22(10-7-14-6-4-5-8-20-14)17(23)13-11-15(18)21-16(12-13)19-2/h4-6,8,11-12H,3,7,9-10H2,1-2H3,(H,19,21). The van der Waals surface area contributed by atoms with Crippen LogP contribution in [0.4, 0.5) is 5.82 Å². The highest BCUT2D eigenvalue weighted by molar-refractivity contribution is 6.29. The Hall–Kier alpha value is -2.14. The van der Waals surface area contributed by atoms with Gasteiger partial charge in [0.15, 0.2) is 0 Å². The number of anilines is 1. The van der Waals surface area contributed by atoms with E-state index < -0.39 is 0 Å². The molecule has 1 N–H and O–H groups in total. The first-order chi connectivity index (χ1) is 11.1. The molecule has 0 unspecified atom stereocenters. The van der Waals surface area contributed by atoms with Crippen molar-refractivity contribution in [3.8, 4) is 0 Å². The quantitative estimate of drug-likeness (QED) is 0.791. The minimum absolute atomic E-state index is 0.0384. The monoisotopic (exact) mass is 332 g/mol. The first kappa shape index (κ1) is 17.2. The Morgan fingerprint density at radius 1 is 1.30 bits per heavy atom. The van der Waals surface area contributed by atoms with Gasteiger partial charge in [0.25, 0.3) is 5.91 Å². The summed E-state index contributed by atoms with van der Waals surface area (Å²) in [4.78, 5) is 23.0. The van der Waals surface area contributed by atoms with Crippen molar-refractivity contribution >= 4 is 23.3 Å². The second-order valence-corrected chi connectivity index (χ2v) is 5.56. The summed E-state index contributed by atoms with van der Waals surface area (Å²) in [5, 5.41) is 3.22. The molecule has 0 aromatic carbocycles. The molecule has 0 aliphatic rings. The molecule has 6 heteroatoms. The van der Waals surface area contributed by atoms with Gasteiger partial charge in [-0.25, -0.2) is 4.98 Å². The molecule has 2 rings (SSSR count). The lowest BCUT2D eigenvalue weighted by Gasteiger charge is -2.22. The van der Waals surface area contributed by atoms with E-state index in [2.05, 4.69) is 22.2 Å². The molecule has 0 spiro atoms. The van der Waals surface area contributed by atoms with Crippen molar-refractivity contribution in [2.45, 2.75) is 19.8 Å². The third-order valence-electron chi connectivity index (χ3n) is 3.44. The molecule has 0 aliphatic heterocycles. The van der Waals surface area contributed by atoms with Gasteiger partial charge in [0.1, 0.15) is 11.0 Å².